The first-order valence-electron chi connectivity index (χ1n) is 19.6. The Bertz CT molecular complexity index is 3160. The number of nitrogens with zero attached hydrogens (tertiary/aromatic N) is 3. The molecule has 4 nitrogen and oxygen atoms in total. The van der Waals surface area contributed by atoms with Gasteiger partial charge in [0, 0.05) is 44.3 Å². The third kappa shape index (κ3) is 5.96. The number of para-hydroxylation sites is 2. The molecule has 58 heavy (non-hydrogen) atoms. The van der Waals surface area contributed by atoms with Gasteiger partial charge in [-0.25, -0.2) is 9.97 Å². The number of hydrogen-bond acceptors (Lipinski definition) is 4. The number of hydrogen-bond donors (Lipinski definition) is 0. The van der Waals surface area contributed by atoms with Gasteiger partial charge in [0.05, 0.1) is 11.2 Å². The van der Waals surface area contributed by atoms with Crippen molar-refractivity contribution in [1.82, 2.24) is 9.97 Å². The van der Waals surface area contributed by atoms with Crippen LogP contribution in [0.25, 0.3) is 88.5 Å². The van der Waals surface area contributed by atoms with Gasteiger partial charge in [-0.3, -0.25) is 0 Å². The normalized spacial score (nSPS) is 11.4. The van der Waals surface area contributed by atoms with Crippen LogP contribution >= 0.6 is 0 Å². The molecule has 0 saturated heterocycles. The third-order valence-electron chi connectivity index (χ3n) is 11.1. The molecular weight excluding hydrogens is 707 g/mol. The van der Waals surface area contributed by atoms with E-state index in [0.29, 0.717) is 5.82 Å². The largest absolute Gasteiger partial charge is 0.455 e. The van der Waals surface area contributed by atoms with Crippen LogP contribution in [0.3, 0.4) is 0 Å². The zero-order valence-electron chi connectivity index (χ0n) is 31.5. The summed E-state index contributed by atoms with van der Waals surface area (Å²) in [7, 11) is 0. The van der Waals surface area contributed by atoms with Gasteiger partial charge in [-0.2, -0.15) is 0 Å². The minimum Gasteiger partial charge on any atom is -0.455 e. The number of fused-ring (bicyclic) bond motifs is 5. The van der Waals surface area contributed by atoms with E-state index in [-0.39, 0.29) is 0 Å². The molecule has 0 aliphatic carbocycles. The summed E-state index contributed by atoms with van der Waals surface area (Å²) in [5, 5.41) is 5.48. The van der Waals surface area contributed by atoms with Gasteiger partial charge >= 0.3 is 0 Å². The highest BCUT2D eigenvalue weighted by Gasteiger charge is 2.19. The Morgan fingerprint density at radius 1 is 0.362 bits per heavy atom. The fourth-order valence-corrected chi connectivity index (χ4v) is 8.15. The van der Waals surface area contributed by atoms with Crippen molar-refractivity contribution in [3.05, 3.63) is 212 Å². The van der Waals surface area contributed by atoms with Gasteiger partial charge < -0.3 is 9.32 Å². The highest BCUT2D eigenvalue weighted by molar-refractivity contribution is 6.14. The molecule has 272 valence electrons. The lowest BCUT2D eigenvalue weighted by molar-refractivity contribution is 0.670. The second-order valence-corrected chi connectivity index (χ2v) is 14.6. The zero-order chi connectivity index (χ0) is 38.4. The third-order valence-corrected chi connectivity index (χ3v) is 11.1. The van der Waals surface area contributed by atoms with Crippen molar-refractivity contribution in [2.75, 3.05) is 4.90 Å². The number of rotatable bonds is 7. The van der Waals surface area contributed by atoms with Crippen molar-refractivity contribution in [3.63, 3.8) is 0 Å². The summed E-state index contributed by atoms with van der Waals surface area (Å²) in [6.07, 6.45) is 0. The second kappa shape index (κ2) is 14.0. The van der Waals surface area contributed by atoms with Crippen LogP contribution in [0.15, 0.2) is 217 Å². The highest BCUT2D eigenvalue weighted by Crippen LogP contribution is 2.41. The summed E-state index contributed by atoms with van der Waals surface area (Å²) in [6.45, 7) is 0. The Morgan fingerprint density at radius 2 is 0.862 bits per heavy atom. The van der Waals surface area contributed by atoms with Gasteiger partial charge in [0.1, 0.15) is 11.2 Å². The molecule has 11 rings (SSSR count). The van der Waals surface area contributed by atoms with E-state index in [1.165, 1.54) is 27.6 Å². The molecular formula is C54H35N3O. The van der Waals surface area contributed by atoms with E-state index in [1.807, 2.05) is 12.1 Å². The van der Waals surface area contributed by atoms with Crippen LogP contribution in [0.1, 0.15) is 0 Å². The maximum atomic E-state index is 6.67. The molecule has 9 aromatic carbocycles. The molecule has 0 amide bonds. The van der Waals surface area contributed by atoms with E-state index in [2.05, 4.69) is 205 Å². The lowest BCUT2D eigenvalue weighted by atomic mass is 10.0. The summed E-state index contributed by atoms with van der Waals surface area (Å²) in [6, 6.07) is 74.5. The van der Waals surface area contributed by atoms with Gasteiger partial charge in [0.2, 0.25) is 0 Å². The molecule has 0 aliphatic heterocycles. The van der Waals surface area contributed by atoms with E-state index in [4.69, 9.17) is 14.4 Å². The van der Waals surface area contributed by atoms with Gasteiger partial charge in [0.25, 0.3) is 0 Å². The first kappa shape index (κ1) is 33.5. The molecule has 0 aliphatic rings. The van der Waals surface area contributed by atoms with Crippen molar-refractivity contribution in [2.45, 2.75) is 0 Å². The van der Waals surface area contributed by atoms with Crippen molar-refractivity contribution < 1.29 is 4.42 Å². The SMILES string of the molecule is c1ccc(-c2ccc(N(c3ccc(-c4ccccc4)cc3)c3ccc(-c4nc(-c5cccc6c5oc5cc7ccccc7cc56)c5ccccc5n4)cc3)cc2)cc1. The fraction of sp³-hybridized carbons (Fsp3) is 0. The minimum absolute atomic E-state index is 0.657. The van der Waals surface area contributed by atoms with Gasteiger partial charge in [-0.15, -0.1) is 0 Å². The number of furan rings is 1. The fourth-order valence-electron chi connectivity index (χ4n) is 8.15. The molecule has 11 aromatic rings. The van der Waals surface area contributed by atoms with E-state index in [1.54, 1.807) is 0 Å². The Hall–Kier alpha value is -7.82. The Labute approximate surface area is 335 Å². The van der Waals surface area contributed by atoms with Crippen LogP contribution in [-0.4, -0.2) is 9.97 Å². The molecule has 0 atom stereocenters. The lowest BCUT2D eigenvalue weighted by Crippen LogP contribution is -2.10. The van der Waals surface area contributed by atoms with Crippen LogP contribution < -0.4 is 4.90 Å². The topological polar surface area (TPSA) is 42.2 Å². The Kier molecular flexibility index (Phi) is 8.11. The molecule has 2 heterocycles. The van der Waals surface area contributed by atoms with Gasteiger partial charge in [0.15, 0.2) is 5.82 Å². The summed E-state index contributed by atoms with van der Waals surface area (Å²) >= 11 is 0. The summed E-state index contributed by atoms with van der Waals surface area (Å²) in [5.74, 6) is 0.657. The van der Waals surface area contributed by atoms with E-state index >= 15 is 0 Å². The molecule has 0 fully saturated rings. The summed E-state index contributed by atoms with van der Waals surface area (Å²) in [4.78, 5) is 12.7. The lowest BCUT2D eigenvalue weighted by Gasteiger charge is -2.26. The monoisotopic (exact) mass is 741 g/mol. The Balaban J connectivity index is 1.00. The molecule has 0 bridgehead atoms. The van der Waals surface area contributed by atoms with E-state index in [9.17, 15) is 0 Å². The van der Waals surface area contributed by atoms with Crippen molar-refractivity contribution in [3.8, 4) is 44.9 Å². The molecule has 2 aromatic heterocycles. The maximum absolute atomic E-state index is 6.67. The van der Waals surface area contributed by atoms with Crippen LogP contribution in [0.2, 0.25) is 0 Å². The number of benzene rings is 9. The van der Waals surface area contributed by atoms with Crippen LogP contribution in [0.5, 0.6) is 0 Å². The summed E-state index contributed by atoms with van der Waals surface area (Å²) in [5.41, 5.74) is 13.2. The summed E-state index contributed by atoms with van der Waals surface area (Å²) < 4.78 is 6.67. The van der Waals surface area contributed by atoms with Gasteiger partial charge in [-0.05, 0) is 106 Å². The van der Waals surface area contributed by atoms with E-state index in [0.717, 1.165) is 72.1 Å². The molecule has 0 radical (unpaired) electrons. The highest BCUT2D eigenvalue weighted by atomic mass is 16.3. The number of aromatic nitrogens is 2. The van der Waals surface area contributed by atoms with Crippen LogP contribution in [0, 0.1) is 0 Å². The smallest absolute Gasteiger partial charge is 0.160 e. The zero-order valence-corrected chi connectivity index (χ0v) is 31.5. The van der Waals surface area contributed by atoms with Crippen molar-refractivity contribution in [1.29, 1.82) is 0 Å². The molecule has 0 spiro atoms. The van der Waals surface area contributed by atoms with Crippen molar-refractivity contribution in [2.24, 2.45) is 0 Å². The first-order chi connectivity index (χ1) is 28.7. The second-order valence-electron chi connectivity index (χ2n) is 14.6. The van der Waals surface area contributed by atoms with E-state index < -0.39 is 0 Å². The standard InChI is InChI=1S/C54H35N3O/c1-3-12-36(13-4-1)38-22-28-43(29-23-38)57(44-30-24-39(25-31-44)37-14-5-2-6-15-37)45-32-26-40(27-33-45)54-55-50-21-10-9-18-47(50)52(56-54)48-20-11-19-46-49-34-41-16-7-8-17-42(41)35-51(49)58-53(46)48/h1-35H. The molecule has 0 saturated carbocycles. The predicted octanol–water partition coefficient (Wildman–Crippen LogP) is 14.8. The first-order valence-corrected chi connectivity index (χ1v) is 19.6. The number of anilines is 3. The van der Waals surface area contributed by atoms with Crippen LogP contribution in [-0.2, 0) is 0 Å². The van der Waals surface area contributed by atoms with Crippen LogP contribution in [0.4, 0.5) is 17.1 Å². The average Bonchev–Trinajstić information content (AvgIpc) is 3.67. The van der Waals surface area contributed by atoms with Gasteiger partial charge in [-0.1, -0.05) is 140 Å². The molecule has 0 unspecified atom stereocenters. The Morgan fingerprint density at radius 3 is 1.48 bits per heavy atom. The average molecular weight is 742 g/mol. The van der Waals surface area contributed by atoms with Crippen molar-refractivity contribution >= 4 is 60.7 Å². The minimum atomic E-state index is 0.657. The predicted molar refractivity (Wildman–Crippen MR) is 241 cm³/mol. The molecule has 0 N–H and O–H groups in total. The maximum Gasteiger partial charge on any atom is 0.160 e. The molecule has 4 heteroatoms. The quantitative estimate of drug-likeness (QED) is 0.163.